The van der Waals surface area contributed by atoms with E-state index >= 15 is 0 Å². The molecular formula is C10H6ClFN4. The number of imidazole rings is 1. The first kappa shape index (κ1) is 10.5. The van der Waals surface area contributed by atoms with Gasteiger partial charge in [0.2, 0.25) is 5.82 Å². The molecule has 0 unspecified atom stereocenters. The van der Waals surface area contributed by atoms with Crippen molar-refractivity contribution in [3.8, 4) is 11.8 Å². The van der Waals surface area contributed by atoms with E-state index in [1.165, 1.54) is 16.8 Å². The normalized spacial score (nSPS) is 10.1. The molecule has 0 saturated carbocycles. The van der Waals surface area contributed by atoms with Crippen molar-refractivity contribution in [1.29, 1.82) is 5.26 Å². The second kappa shape index (κ2) is 3.83. The van der Waals surface area contributed by atoms with Gasteiger partial charge in [-0.3, -0.25) is 4.57 Å². The van der Waals surface area contributed by atoms with Gasteiger partial charge >= 0.3 is 0 Å². The van der Waals surface area contributed by atoms with Gasteiger partial charge in [-0.25, -0.2) is 9.37 Å². The van der Waals surface area contributed by atoms with Crippen LogP contribution in [0.4, 0.5) is 10.1 Å². The number of nitriles is 1. The lowest BCUT2D eigenvalue weighted by Gasteiger charge is -2.08. The van der Waals surface area contributed by atoms with Gasteiger partial charge in [-0.1, -0.05) is 11.6 Å². The highest BCUT2D eigenvalue weighted by atomic mass is 35.5. The molecule has 0 spiro atoms. The van der Waals surface area contributed by atoms with Crippen LogP contribution in [0.15, 0.2) is 24.5 Å². The van der Waals surface area contributed by atoms with Crippen LogP contribution in [-0.4, -0.2) is 9.55 Å². The maximum atomic E-state index is 13.1. The summed E-state index contributed by atoms with van der Waals surface area (Å²) in [6, 6.07) is 4.36. The highest BCUT2D eigenvalue weighted by Gasteiger charge is 2.10. The molecule has 4 nitrogen and oxygen atoms in total. The van der Waals surface area contributed by atoms with Gasteiger partial charge in [-0.05, 0) is 6.07 Å². The molecule has 0 aliphatic rings. The van der Waals surface area contributed by atoms with Crippen LogP contribution < -0.4 is 5.73 Å². The molecule has 1 aromatic carbocycles. The van der Waals surface area contributed by atoms with E-state index < -0.39 is 5.82 Å². The van der Waals surface area contributed by atoms with Crippen LogP contribution in [-0.2, 0) is 0 Å². The van der Waals surface area contributed by atoms with Crippen molar-refractivity contribution in [2.45, 2.75) is 0 Å². The lowest BCUT2D eigenvalue weighted by Crippen LogP contribution is -2.02. The molecule has 0 aliphatic carbocycles. The molecule has 0 aliphatic heterocycles. The van der Waals surface area contributed by atoms with E-state index in [0.717, 1.165) is 6.07 Å². The minimum atomic E-state index is -0.596. The van der Waals surface area contributed by atoms with Crippen molar-refractivity contribution < 1.29 is 4.39 Å². The summed E-state index contributed by atoms with van der Waals surface area (Å²) in [4.78, 5) is 3.81. The van der Waals surface area contributed by atoms with Crippen LogP contribution in [0.3, 0.4) is 0 Å². The number of nitrogen functional groups attached to an aromatic ring is 1. The van der Waals surface area contributed by atoms with Gasteiger partial charge in [0.25, 0.3) is 0 Å². The summed E-state index contributed by atoms with van der Waals surface area (Å²) in [7, 11) is 0. The van der Waals surface area contributed by atoms with Crippen LogP contribution in [0.25, 0.3) is 5.69 Å². The van der Waals surface area contributed by atoms with Gasteiger partial charge in [0, 0.05) is 18.5 Å². The maximum absolute atomic E-state index is 13.1. The van der Waals surface area contributed by atoms with Gasteiger partial charge < -0.3 is 5.73 Å². The van der Waals surface area contributed by atoms with Crippen molar-refractivity contribution in [2.75, 3.05) is 5.73 Å². The topological polar surface area (TPSA) is 67.6 Å². The van der Waals surface area contributed by atoms with Crippen molar-refractivity contribution in [1.82, 2.24) is 9.55 Å². The molecule has 6 heteroatoms. The molecule has 2 N–H and O–H groups in total. The SMILES string of the molecule is N#Cc1nccn1-c1cc(Cl)c(F)cc1N. The Kier molecular flexibility index (Phi) is 2.50. The fourth-order valence-corrected chi connectivity index (χ4v) is 1.50. The predicted octanol–water partition coefficient (Wildman–Crippen LogP) is 2.12. The molecule has 16 heavy (non-hydrogen) atoms. The zero-order chi connectivity index (χ0) is 11.7. The number of rotatable bonds is 1. The monoisotopic (exact) mass is 236 g/mol. The minimum Gasteiger partial charge on any atom is -0.397 e. The van der Waals surface area contributed by atoms with E-state index in [4.69, 9.17) is 22.6 Å². The molecule has 0 radical (unpaired) electrons. The summed E-state index contributed by atoms with van der Waals surface area (Å²) in [6.45, 7) is 0. The van der Waals surface area contributed by atoms with Gasteiger partial charge in [0.15, 0.2) is 0 Å². The number of aromatic nitrogens is 2. The molecule has 80 valence electrons. The highest BCUT2D eigenvalue weighted by molar-refractivity contribution is 6.31. The summed E-state index contributed by atoms with van der Waals surface area (Å²) < 4.78 is 14.5. The Hall–Kier alpha value is -2.06. The first-order valence-electron chi connectivity index (χ1n) is 4.32. The third-order valence-electron chi connectivity index (χ3n) is 2.07. The molecule has 0 fully saturated rings. The zero-order valence-electron chi connectivity index (χ0n) is 7.98. The number of halogens is 2. The van der Waals surface area contributed by atoms with E-state index in [9.17, 15) is 4.39 Å². The molecule has 0 saturated heterocycles. The first-order chi connectivity index (χ1) is 7.63. The number of nitrogens with two attached hydrogens (primary N) is 1. The molecule has 1 aromatic heterocycles. The van der Waals surface area contributed by atoms with Crippen molar-refractivity contribution in [2.24, 2.45) is 0 Å². The Morgan fingerprint density at radius 1 is 1.50 bits per heavy atom. The van der Waals surface area contributed by atoms with E-state index in [2.05, 4.69) is 4.98 Å². The Morgan fingerprint density at radius 3 is 2.94 bits per heavy atom. The summed E-state index contributed by atoms with van der Waals surface area (Å²) >= 11 is 5.65. The molecule has 1 heterocycles. The average Bonchev–Trinajstić information content (AvgIpc) is 2.71. The second-order valence-corrected chi connectivity index (χ2v) is 3.46. The highest BCUT2D eigenvalue weighted by Crippen LogP contribution is 2.25. The van der Waals surface area contributed by atoms with E-state index in [1.807, 2.05) is 6.07 Å². The number of hydrogen-bond acceptors (Lipinski definition) is 3. The summed E-state index contributed by atoms with van der Waals surface area (Å²) in [5.74, 6) is -0.434. The molecule has 2 rings (SSSR count). The standard InChI is InChI=1S/C10H6ClFN4/c11-6-3-9(8(14)4-7(6)12)16-2-1-15-10(16)5-13/h1-4H,14H2. The van der Waals surface area contributed by atoms with Crippen LogP contribution in [0.2, 0.25) is 5.02 Å². The van der Waals surface area contributed by atoms with E-state index in [1.54, 1.807) is 6.20 Å². The fourth-order valence-electron chi connectivity index (χ4n) is 1.34. The van der Waals surface area contributed by atoms with E-state index in [0.29, 0.717) is 5.69 Å². The molecule has 0 bridgehead atoms. The number of anilines is 1. The first-order valence-corrected chi connectivity index (χ1v) is 4.69. The quantitative estimate of drug-likeness (QED) is 0.771. The Balaban J connectivity index is 2.66. The lowest BCUT2D eigenvalue weighted by molar-refractivity contribution is 0.628. The Morgan fingerprint density at radius 2 is 2.25 bits per heavy atom. The van der Waals surface area contributed by atoms with Crippen molar-refractivity contribution in [3.05, 3.63) is 41.2 Å². The fraction of sp³-hybridized carbons (Fsp3) is 0. The number of nitrogens with zero attached hydrogens (tertiary/aromatic N) is 3. The summed E-state index contributed by atoms with van der Waals surface area (Å²) in [6.07, 6.45) is 3.01. The van der Waals surface area contributed by atoms with Crippen LogP contribution in [0, 0.1) is 17.1 Å². The summed E-state index contributed by atoms with van der Waals surface area (Å²) in [5.41, 5.74) is 6.27. The Labute approximate surface area is 95.7 Å². The average molecular weight is 237 g/mol. The molecule has 0 atom stereocenters. The zero-order valence-corrected chi connectivity index (χ0v) is 8.74. The van der Waals surface area contributed by atoms with Gasteiger partial charge in [-0.2, -0.15) is 5.26 Å². The number of benzene rings is 1. The summed E-state index contributed by atoms with van der Waals surface area (Å²) in [5, 5.41) is 8.75. The minimum absolute atomic E-state index is 0.0539. The maximum Gasteiger partial charge on any atom is 0.217 e. The largest absolute Gasteiger partial charge is 0.397 e. The lowest BCUT2D eigenvalue weighted by atomic mass is 10.2. The van der Waals surface area contributed by atoms with E-state index in [-0.39, 0.29) is 16.5 Å². The third-order valence-corrected chi connectivity index (χ3v) is 2.36. The third kappa shape index (κ3) is 1.59. The molecular weight excluding hydrogens is 231 g/mol. The van der Waals surface area contributed by atoms with Gasteiger partial charge in [0.05, 0.1) is 16.4 Å². The second-order valence-electron chi connectivity index (χ2n) is 3.06. The van der Waals surface area contributed by atoms with Gasteiger partial charge in [0.1, 0.15) is 11.9 Å². The number of hydrogen-bond donors (Lipinski definition) is 1. The van der Waals surface area contributed by atoms with Crippen LogP contribution in [0.5, 0.6) is 0 Å². The molecule has 0 amide bonds. The van der Waals surface area contributed by atoms with Gasteiger partial charge in [-0.15, -0.1) is 0 Å². The predicted molar refractivity (Wildman–Crippen MR) is 57.7 cm³/mol. The smallest absolute Gasteiger partial charge is 0.217 e. The van der Waals surface area contributed by atoms with Crippen LogP contribution in [0.1, 0.15) is 5.82 Å². The van der Waals surface area contributed by atoms with Crippen molar-refractivity contribution >= 4 is 17.3 Å². The Bertz CT molecular complexity index is 585. The van der Waals surface area contributed by atoms with Crippen LogP contribution >= 0.6 is 11.6 Å². The molecule has 2 aromatic rings. The van der Waals surface area contributed by atoms with Crippen molar-refractivity contribution in [3.63, 3.8) is 0 Å².